The van der Waals surface area contributed by atoms with E-state index >= 15 is 0 Å². The molecule has 0 spiro atoms. The van der Waals surface area contributed by atoms with Crippen LogP contribution in [0.4, 0.5) is 13.2 Å². The molecule has 2 rings (SSSR count). The number of aryl methyl sites for hydroxylation is 2. The molecule has 0 radical (unpaired) electrons. The van der Waals surface area contributed by atoms with Crippen molar-refractivity contribution in [3.63, 3.8) is 0 Å². The Morgan fingerprint density at radius 3 is 2.62 bits per heavy atom. The zero-order valence-electron chi connectivity index (χ0n) is 8.81. The molecule has 16 heavy (non-hydrogen) atoms. The van der Waals surface area contributed by atoms with Gasteiger partial charge in [0.25, 0.3) is 0 Å². The molecular formula is C12H13F3O. The van der Waals surface area contributed by atoms with Crippen LogP contribution in [-0.2, 0) is 12.8 Å². The number of ether oxygens (including phenoxy) is 1. The molecule has 0 fully saturated rings. The van der Waals surface area contributed by atoms with Crippen LogP contribution in [-0.4, -0.2) is 12.8 Å². The third-order valence-electron chi connectivity index (χ3n) is 2.72. The van der Waals surface area contributed by atoms with E-state index in [0.29, 0.717) is 5.75 Å². The van der Waals surface area contributed by atoms with E-state index in [9.17, 15) is 13.2 Å². The summed E-state index contributed by atoms with van der Waals surface area (Å²) in [6.45, 7) is -0.303. The van der Waals surface area contributed by atoms with E-state index in [0.717, 1.165) is 19.3 Å². The standard InChI is InChI=1S/C12H13F3O/c13-12(14,15)6-7-16-11-5-4-9-2-1-3-10(9)8-11/h4-5,8H,1-3,6-7H2. The summed E-state index contributed by atoms with van der Waals surface area (Å²) in [6.07, 6.45) is -1.84. The predicted molar refractivity (Wildman–Crippen MR) is 54.6 cm³/mol. The van der Waals surface area contributed by atoms with Crippen LogP contribution < -0.4 is 4.74 Å². The number of fused-ring (bicyclic) bond motifs is 1. The number of benzene rings is 1. The Morgan fingerprint density at radius 1 is 1.12 bits per heavy atom. The summed E-state index contributed by atoms with van der Waals surface area (Å²) in [7, 11) is 0. The number of hydrogen-bond donors (Lipinski definition) is 0. The lowest BCUT2D eigenvalue weighted by Gasteiger charge is -2.09. The second-order valence-electron chi connectivity index (χ2n) is 4.00. The van der Waals surface area contributed by atoms with Gasteiger partial charge in [-0.25, -0.2) is 0 Å². The molecular weight excluding hydrogens is 217 g/mol. The van der Waals surface area contributed by atoms with Crippen molar-refractivity contribution in [2.75, 3.05) is 6.61 Å². The van der Waals surface area contributed by atoms with Gasteiger partial charge in [0.2, 0.25) is 0 Å². The molecule has 0 heterocycles. The molecule has 0 aromatic heterocycles. The molecule has 1 nitrogen and oxygen atoms in total. The van der Waals surface area contributed by atoms with Crippen LogP contribution in [0.3, 0.4) is 0 Å². The van der Waals surface area contributed by atoms with Crippen LogP contribution in [0.2, 0.25) is 0 Å². The molecule has 1 aliphatic rings. The van der Waals surface area contributed by atoms with Crippen molar-refractivity contribution in [2.24, 2.45) is 0 Å². The smallest absolute Gasteiger partial charge is 0.392 e. The van der Waals surface area contributed by atoms with Crippen molar-refractivity contribution in [2.45, 2.75) is 31.9 Å². The summed E-state index contributed by atoms with van der Waals surface area (Å²) in [6, 6.07) is 5.56. The van der Waals surface area contributed by atoms with Crippen LogP contribution >= 0.6 is 0 Å². The van der Waals surface area contributed by atoms with Crippen molar-refractivity contribution < 1.29 is 17.9 Å². The molecule has 0 saturated heterocycles. The van der Waals surface area contributed by atoms with E-state index in [-0.39, 0.29) is 6.61 Å². The van der Waals surface area contributed by atoms with Crippen LogP contribution in [0.25, 0.3) is 0 Å². The fourth-order valence-corrected chi connectivity index (χ4v) is 1.92. The molecule has 0 bridgehead atoms. The van der Waals surface area contributed by atoms with Gasteiger partial charge in [-0.2, -0.15) is 13.2 Å². The Bertz CT molecular complexity index is 371. The minimum Gasteiger partial charge on any atom is -0.493 e. The fraction of sp³-hybridized carbons (Fsp3) is 0.500. The molecule has 88 valence electrons. The Labute approximate surface area is 92.2 Å². The van der Waals surface area contributed by atoms with E-state index < -0.39 is 12.6 Å². The Morgan fingerprint density at radius 2 is 1.88 bits per heavy atom. The van der Waals surface area contributed by atoms with Crippen molar-refractivity contribution in [1.29, 1.82) is 0 Å². The molecule has 0 amide bonds. The number of rotatable bonds is 3. The summed E-state index contributed by atoms with van der Waals surface area (Å²) in [5.74, 6) is 0.546. The summed E-state index contributed by atoms with van der Waals surface area (Å²) in [5.41, 5.74) is 2.51. The van der Waals surface area contributed by atoms with Gasteiger partial charge in [0, 0.05) is 0 Å². The van der Waals surface area contributed by atoms with Crippen molar-refractivity contribution in [3.8, 4) is 5.75 Å². The van der Waals surface area contributed by atoms with Crippen LogP contribution in [0.5, 0.6) is 5.75 Å². The predicted octanol–water partition coefficient (Wildman–Crippen LogP) is 3.51. The average molecular weight is 230 g/mol. The highest BCUT2D eigenvalue weighted by atomic mass is 19.4. The maximum absolute atomic E-state index is 11.9. The first-order valence-corrected chi connectivity index (χ1v) is 5.36. The summed E-state index contributed by atoms with van der Waals surface area (Å²) < 4.78 is 40.8. The molecule has 1 aromatic carbocycles. The van der Waals surface area contributed by atoms with E-state index in [1.807, 2.05) is 12.1 Å². The molecule has 0 aliphatic heterocycles. The minimum atomic E-state index is -4.14. The van der Waals surface area contributed by atoms with Crippen molar-refractivity contribution in [1.82, 2.24) is 0 Å². The second-order valence-corrected chi connectivity index (χ2v) is 4.00. The van der Waals surface area contributed by atoms with Gasteiger partial charge in [-0.15, -0.1) is 0 Å². The lowest BCUT2D eigenvalue weighted by Crippen LogP contribution is -2.13. The Balaban J connectivity index is 1.91. The molecule has 0 saturated carbocycles. The lowest BCUT2D eigenvalue weighted by molar-refractivity contribution is -0.139. The number of halogens is 3. The Kier molecular flexibility index (Phi) is 3.08. The first-order valence-electron chi connectivity index (χ1n) is 5.36. The van der Waals surface area contributed by atoms with Gasteiger partial charge in [0.1, 0.15) is 5.75 Å². The molecule has 0 atom stereocenters. The largest absolute Gasteiger partial charge is 0.493 e. The lowest BCUT2D eigenvalue weighted by atomic mass is 10.1. The molecule has 1 aromatic rings. The maximum atomic E-state index is 11.9. The highest BCUT2D eigenvalue weighted by Gasteiger charge is 2.26. The zero-order chi connectivity index (χ0) is 11.6. The fourth-order valence-electron chi connectivity index (χ4n) is 1.92. The first kappa shape index (κ1) is 11.3. The highest BCUT2D eigenvalue weighted by Crippen LogP contribution is 2.26. The minimum absolute atomic E-state index is 0.303. The molecule has 0 N–H and O–H groups in total. The number of hydrogen-bond acceptors (Lipinski definition) is 1. The van der Waals surface area contributed by atoms with E-state index in [1.54, 1.807) is 6.07 Å². The van der Waals surface area contributed by atoms with E-state index in [4.69, 9.17) is 4.74 Å². The first-order chi connectivity index (χ1) is 7.54. The molecule has 4 heteroatoms. The Hall–Kier alpha value is -1.19. The SMILES string of the molecule is FC(F)(F)CCOc1ccc2c(c1)CCC2. The summed E-state index contributed by atoms with van der Waals surface area (Å²) in [4.78, 5) is 0. The summed E-state index contributed by atoms with van der Waals surface area (Å²) >= 11 is 0. The third kappa shape index (κ3) is 2.90. The van der Waals surface area contributed by atoms with Crippen molar-refractivity contribution in [3.05, 3.63) is 29.3 Å². The topological polar surface area (TPSA) is 9.23 Å². The van der Waals surface area contributed by atoms with Gasteiger partial charge >= 0.3 is 6.18 Å². The normalized spacial score (nSPS) is 14.9. The third-order valence-corrected chi connectivity index (χ3v) is 2.72. The zero-order valence-corrected chi connectivity index (χ0v) is 8.81. The van der Waals surface area contributed by atoms with Crippen LogP contribution in [0.1, 0.15) is 24.0 Å². The molecule has 0 unspecified atom stereocenters. The van der Waals surface area contributed by atoms with Gasteiger partial charge in [-0.3, -0.25) is 0 Å². The van der Waals surface area contributed by atoms with Gasteiger partial charge in [0.05, 0.1) is 13.0 Å². The van der Waals surface area contributed by atoms with Gasteiger partial charge < -0.3 is 4.74 Å². The summed E-state index contributed by atoms with van der Waals surface area (Å²) in [5, 5.41) is 0. The van der Waals surface area contributed by atoms with E-state index in [2.05, 4.69) is 0 Å². The molecule has 1 aliphatic carbocycles. The monoisotopic (exact) mass is 230 g/mol. The second kappa shape index (κ2) is 4.36. The highest BCUT2D eigenvalue weighted by molar-refractivity contribution is 5.38. The van der Waals surface area contributed by atoms with Gasteiger partial charge in [-0.05, 0) is 42.5 Å². The van der Waals surface area contributed by atoms with Crippen LogP contribution in [0, 0.1) is 0 Å². The van der Waals surface area contributed by atoms with Crippen molar-refractivity contribution >= 4 is 0 Å². The van der Waals surface area contributed by atoms with Gasteiger partial charge in [-0.1, -0.05) is 6.07 Å². The maximum Gasteiger partial charge on any atom is 0.392 e. The van der Waals surface area contributed by atoms with Crippen LogP contribution in [0.15, 0.2) is 18.2 Å². The average Bonchev–Trinajstić information content (AvgIpc) is 2.62. The van der Waals surface area contributed by atoms with Gasteiger partial charge in [0.15, 0.2) is 0 Å². The quantitative estimate of drug-likeness (QED) is 0.772. The number of alkyl halides is 3. The van der Waals surface area contributed by atoms with E-state index in [1.165, 1.54) is 11.1 Å².